The number of nitrogens with zero attached hydrogens (tertiary/aromatic N) is 5. The number of nitrogens with one attached hydrogen (secondary N) is 1. The Balaban J connectivity index is 1.99. The summed E-state index contributed by atoms with van der Waals surface area (Å²) in [5, 5.41) is 27.0. The summed E-state index contributed by atoms with van der Waals surface area (Å²) in [6, 6.07) is 3.25. The van der Waals surface area contributed by atoms with Gasteiger partial charge in [0.15, 0.2) is 0 Å². The van der Waals surface area contributed by atoms with Gasteiger partial charge in [0, 0.05) is 36.3 Å². The lowest BCUT2D eigenvalue weighted by atomic mass is 9.98. The lowest BCUT2D eigenvalue weighted by Crippen LogP contribution is -2.33. The smallest absolute Gasteiger partial charge is 0.289 e. The number of rotatable bonds is 2. The predicted molar refractivity (Wildman–Crippen MR) is 73.7 cm³/mol. The maximum atomic E-state index is 10.8. The summed E-state index contributed by atoms with van der Waals surface area (Å²) in [5.74, 6) is 0.696. The molecule has 0 aliphatic carbocycles. The number of anilines is 1. The minimum Gasteiger partial charge on any atom is -0.350 e. The van der Waals surface area contributed by atoms with Crippen molar-refractivity contribution in [3.05, 3.63) is 45.4 Å². The highest BCUT2D eigenvalue weighted by Crippen LogP contribution is 2.31. The lowest BCUT2D eigenvalue weighted by Gasteiger charge is -2.31. The van der Waals surface area contributed by atoms with Crippen LogP contribution in [0.1, 0.15) is 29.7 Å². The first-order valence-corrected chi connectivity index (χ1v) is 6.41. The van der Waals surface area contributed by atoms with Crippen LogP contribution in [0.3, 0.4) is 0 Å². The van der Waals surface area contributed by atoms with Gasteiger partial charge in [0.2, 0.25) is 0 Å². The maximum absolute atomic E-state index is 10.8. The third-order valence-corrected chi connectivity index (χ3v) is 3.58. The molecule has 0 saturated carbocycles. The monoisotopic (exact) mass is 284 g/mol. The third kappa shape index (κ3) is 2.18. The van der Waals surface area contributed by atoms with Crippen molar-refractivity contribution in [2.45, 2.75) is 19.4 Å². The molecule has 0 saturated heterocycles. The largest absolute Gasteiger partial charge is 0.350 e. The average Bonchev–Trinajstić information content (AvgIpc) is 2.95. The van der Waals surface area contributed by atoms with Crippen LogP contribution >= 0.6 is 0 Å². The highest BCUT2D eigenvalue weighted by atomic mass is 16.6. The van der Waals surface area contributed by atoms with Gasteiger partial charge in [-0.05, 0) is 0 Å². The number of nitro groups is 1. The van der Waals surface area contributed by atoms with Crippen molar-refractivity contribution >= 4 is 11.5 Å². The van der Waals surface area contributed by atoms with E-state index in [2.05, 4.69) is 22.1 Å². The highest BCUT2D eigenvalue weighted by Gasteiger charge is 2.27. The van der Waals surface area contributed by atoms with Crippen molar-refractivity contribution in [1.29, 1.82) is 5.26 Å². The molecule has 0 bridgehead atoms. The van der Waals surface area contributed by atoms with E-state index in [1.807, 2.05) is 11.0 Å². The van der Waals surface area contributed by atoms with E-state index in [0.717, 1.165) is 11.3 Å². The third-order valence-electron chi connectivity index (χ3n) is 3.58. The molecule has 1 atom stereocenters. The first-order valence-electron chi connectivity index (χ1n) is 6.41. The Labute approximate surface area is 120 Å². The number of fused-ring (bicyclic) bond motifs is 1. The summed E-state index contributed by atoms with van der Waals surface area (Å²) in [6.07, 6.45) is 2.95. The van der Waals surface area contributed by atoms with Crippen LogP contribution in [0.5, 0.6) is 0 Å². The molecule has 0 aromatic carbocycles. The van der Waals surface area contributed by atoms with Gasteiger partial charge in [-0.15, -0.1) is 0 Å². The number of aromatic nitrogens is 3. The predicted octanol–water partition coefficient (Wildman–Crippen LogP) is 1.71. The molecule has 0 unspecified atom stereocenters. The Hall–Kier alpha value is -2.95. The van der Waals surface area contributed by atoms with Crippen molar-refractivity contribution < 1.29 is 4.92 Å². The van der Waals surface area contributed by atoms with Gasteiger partial charge in [-0.2, -0.15) is 10.4 Å². The van der Waals surface area contributed by atoms with Crippen molar-refractivity contribution in [2.75, 3.05) is 11.4 Å². The maximum Gasteiger partial charge on any atom is 0.289 e. The fourth-order valence-electron chi connectivity index (χ4n) is 2.61. The highest BCUT2D eigenvalue weighted by molar-refractivity contribution is 5.58. The van der Waals surface area contributed by atoms with Crippen LogP contribution in [0.2, 0.25) is 0 Å². The fourth-order valence-corrected chi connectivity index (χ4v) is 2.61. The zero-order valence-electron chi connectivity index (χ0n) is 11.3. The minimum atomic E-state index is -0.551. The quantitative estimate of drug-likeness (QED) is 0.663. The number of pyridine rings is 1. The molecule has 1 aliphatic heterocycles. The van der Waals surface area contributed by atoms with E-state index < -0.39 is 4.92 Å². The van der Waals surface area contributed by atoms with Gasteiger partial charge >= 0.3 is 0 Å². The first-order chi connectivity index (χ1) is 10.1. The molecule has 1 N–H and O–H groups in total. The Morgan fingerprint density at radius 2 is 2.38 bits per heavy atom. The standard InChI is InChI=1S/C13H12N6O2/c1-8-6-18(7-10-4-16-17-12(8)10)13-9(3-14)2-11(5-15-13)19(20)21/h2,4-5,8H,6-7H2,1H3,(H,16,17)/t8-/m1/s1. The second-order valence-corrected chi connectivity index (χ2v) is 5.02. The molecular formula is C13H12N6O2. The summed E-state index contributed by atoms with van der Waals surface area (Å²) in [6.45, 7) is 3.31. The Kier molecular flexibility index (Phi) is 3.02. The Morgan fingerprint density at radius 3 is 3.10 bits per heavy atom. The van der Waals surface area contributed by atoms with Crippen LogP contribution in [0.15, 0.2) is 18.5 Å². The zero-order valence-corrected chi connectivity index (χ0v) is 11.3. The van der Waals surface area contributed by atoms with Crippen LogP contribution in [-0.2, 0) is 6.54 Å². The van der Waals surface area contributed by atoms with Crippen LogP contribution in [0.25, 0.3) is 0 Å². The number of H-pyrrole nitrogens is 1. The minimum absolute atomic E-state index is 0.177. The van der Waals surface area contributed by atoms with Crippen molar-refractivity contribution in [2.24, 2.45) is 0 Å². The van der Waals surface area contributed by atoms with Gasteiger partial charge in [-0.3, -0.25) is 15.2 Å². The molecule has 8 nitrogen and oxygen atoms in total. The van der Waals surface area contributed by atoms with Gasteiger partial charge in [0.05, 0.1) is 11.1 Å². The molecule has 0 spiro atoms. The van der Waals surface area contributed by atoms with Gasteiger partial charge in [0.25, 0.3) is 5.69 Å². The number of hydrogen-bond acceptors (Lipinski definition) is 6. The molecule has 1 aliphatic rings. The topological polar surface area (TPSA) is 112 Å². The van der Waals surface area contributed by atoms with E-state index in [-0.39, 0.29) is 17.2 Å². The summed E-state index contributed by atoms with van der Waals surface area (Å²) in [5.41, 5.74) is 2.18. The molecule has 2 aromatic rings. The van der Waals surface area contributed by atoms with Crippen LogP contribution in [0, 0.1) is 21.4 Å². The van der Waals surface area contributed by atoms with Gasteiger partial charge in [0.1, 0.15) is 23.6 Å². The summed E-state index contributed by atoms with van der Waals surface area (Å²) in [7, 11) is 0. The van der Waals surface area contributed by atoms with Crippen molar-refractivity contribution in [3.8, 4) is 6.07 Å². The SMILES string of the molecule is C[C@@H]1CN(c2ncc([N+](=O)[O-])cc2C#N)Cc2cn[nH]c21. The van der Waals surface area contributed by atoms with Crippen LogP contribution < -0.4 is 4.90 Å². The van der Waals surface area contributed by atoms with E-state index in [0.29, 0.717) is 18.9 Å². The molecule has 2 aromatic heterocycles. The molecule has 106 valence electrons. The molecule has 21 heavy (non-hydrogen) atoms. The molecule has 0 radical (unpaired) electrons. The van der Waals surface area contributed by atoms with E-state index >= 15 is 0 Å². The molecule has 0 amide bonds. The van der Waals surface area contributed by atoms with E-state index in [4.69, 9.17) is 0 Å². The first kappa shape index (κ1) is 13.1. The fraction of sp³-hybridized carbons (Fsp3) is 0.308. The molecule has 3 heterocycles. The second-order valence-electron chi connectivity index (χ2n) is 5.02. The van der Waals surface area contributed by atoms with Crippen molar-refractivity contribution in [1.82, 2.24) is 15.2 Å². The second kappa shape index (κ2) is 4.86. The van der Waals surface area contributed by atoms with Crippen LogP contribution in [0.4, 0.5) is 11.5 Å². The number of aromatic amines is 1. The summed E-state index contributed by atoms with van der Waals surface area (Å²) >= 11 is 0. The van der Waals surface area contributed by atoms with E-state index in [9.17, 15) is 15.4 Å². The lowest BCUT2D eigenvalue weighted by molar-refractivity contribution is -0.385. The zero-order chi connectivity index (χ0) is 15.0. The van der Waals surface area contributed by atoms with Gasteiger partial charge in [-0.25, -0.2) is 4.98 Å². The Morgan fingerprint density at radius 1 is 1.57 bits per heavy atom. The van der Waals surface area contributed by atoms with Crippen LogP contribution in [-0.4, -0.2) is 26.6 Å². The summed E-state index contributed by atoms with van der Waals surface area (Å²) in [4.78, 5) is 16.3. The average molecular weight is 284 g/mol. The Bertz CT molecular complexity index is 747. The van der Waals surface area contributed by atoms with E-state index in [1.54, 1.807) is 6.20 Å². The van der Waals surface area contributed by atoms with Crippen molar-refractivity contribution in [3.63, 3.8) is 0 Å². The molecule has 3 rings (SSSR count). The van der Waals surface area contributed by atoms with Gasteiger partial charge < -0.3 is 4.90 Å². The summed E-state index contributed by atoms with van der Waals surface area (Å²) < 4.78 is 0. The molecule has 8 heteroatoms. The van der Waals surface area contributed by atoms with E-state index in [1.165, 1.54) is 12.3 Å². The number of nitriles is 1. The number of hydrogen-bond donors (Lipinski definition) is 1. The normalized spacial score (nSPS) is 17.1. The molecule has 0 fully saturated rings. The van der Waals surface area contributed by atoms with Gasteiger partial charge in [-0.1, -0.05) is 6.92 Å². The molecular weight excluding hydrogens is 272 g/mol.